The van der Waals surface area contributed by atoms with E-state index in [-0.39, 0.29) is 23.7 Å². The molecule has 234 valence electrons. The zero-order valence-electron chi connectivity index (χ0n) is 25.2. The third-order valence-electron chi connectivity index (χ3n) is 6.50. The molecule has 45 heavy (non-hydrogen) atoms. The molecule has 0 bridgehead atoms. The predicted molar refractivity (Wildman–Crippen MR) is 172 cm³/mol. The number of aliphatic imine (C=N–C) groups is 1. The Morgan fingerprint density at radius 2 is 1.80 bits per heavy atom. The van der Waals surface area contributed by atoms with Crippen molar-refractivity contribution in [3.05, 3.63) is 89.7 Å². The molecule has 0 aliphatic heterocycles. The van der Waals surface area contributed by atoms with E-state index in [0.29, 0.717) is 28.9 Å². The van der Waals surface area contributed by atoms with Crippen LogP contribution in [0.4, 0.5) is 23.7 Å². The normalized spacial score (nSPS) is 12.5. The number of amides is 2. The van der Waals surface area contributed by atoms with Crippen LogP contribution in [-0.2, 0) is 6.42 Å². The van der Waals surface area contributed by atoms with Gasteiger partial charge in [0.05, 0.1) is 17.1 Å². The number of nitrogens with one attached hydrogen (secondary N) is 2. The van der Waals surface area contributed by atoms with Gasteiger partial charge in [0.1, 0.15) is 12.1 Å². The van der Waals surface area contributed by atoms with Gasteiger partial charge in [-0.1, -0.05) is 73.5 Å². The number of amidine groups is 1. The lowest BCUT2D eigenvalue weighted by Gasteiger charge is -2.16. The largest absolute Gasteiger partial charge is 0.573 e. The molecule has 2 amide bonds. The van der Waals surface area contributed by atoms with Crippen molar-refractivity contribution in [2.75, 3.05) is 5.75 Å². The van der Waals surface area contributed by atoms with Gasteiger partial charge in [-0.15, -0.1) is 24.7 Å². The van der Waals surface area contributed by atoms with E-state index in [9.17, 15) is 18.0 Å². The summed E-state index contributed by atoms with van der Waals surface area (Å²) in [7, 11) is 0. The summed E-state index contributed by atoms with van der Waals surface area (Å²) in [6, 6.07) is 18.4. The van der Waals surface area contributed by atoms with Crippen molar-refractivity contribution in [2.45, 2.75) is 52.4 Å². The molecule has 1 unspecified atom stereocenters. The Kier molecular flexibility index (Phi) is 10.9. The summed E-state index contributed by atoms with van der Waals surface area (Å²) in [5.74, 6) is 3.33. The number of halogens is 3. The maximum atomic E-state index is 12.9. The summed E-state index contributed by atoms with van der Waals surface area (Å²) in [6.07, 6.45) is 2.76. The van der Waals surface area contributed by atoms with Crippen LogP contribution in [0.2, 0.25) is 0 Å². The number of aromatic nitrogens is 3. The zero-order chi connectivity index (χ0) is 32.6. The predicted octanol–water partition coefficient (Wildman–Crippen LogP) is 7.55. The Hall–Kier alpha value is -4.76. The van der Waals surface area contributed by atoms with E-state index in [2.05, 4.69) is 51.3 Å². The summed E-state index contributed by atoms with van der Waals surface area (Å²) in [5.41, 5.74) is 5.29. The molecule has 4 rings (SSSR count). The first kappa shape index (κ1) is 33.1. The average molecular weight is 635 g/mol. The molecule has 0 spiro atoms. The minimum Gasteiger partial charge on any atom is -0.406 e. The van der Waals surface area contributed by atoms with Gasteiger partial charge in [0.2, 0.25) is 0 Å². The number of carbonyl (C=O) groups is 1. The lowest BCUT2D eigenvalue weighted by atomic mass is 9.99. The quantitative estimate of drug-likeness (QED) is 0.113. The first-order valence-electron chi connectivity index (χ1n) is 14.1. The molecule has 12 heteroatoms. The molecular formula is C33H33F3N6O2S. The van der Waals surface area contributed by atoms with Crippen LogP contribution in [0.1, 0.15) is 43.4 Å². The van der Waals surface area contributed by atoms with Gasteiger partial charge in [-0.25, -0.2) is 19.5 Å². The van der Waals surface area contributed by atoms with Crippen molar-refractivity contribution in [1.29, 1.82) is 0 Å². The van der Waals surface area contributed by atoms with E-state index in [0.717, 1.165) is 27.9 Å². The number of terminal acetylenes is 1. The Bertz CT molecular complexity index is 1680. The number of urea groups is 1. The van der Waals surface area contributed by atoms with Gasteiger partial charge in [0, 0.05) is 11.6 Å². The van der Waals surface area contributed by atoms with Crippen LogP contribution in [0.15, 0.2) is 78.0 Å². The molecule has 3 aromatic carbocycles. The lowest BCUT2D eigenvalue weighted by molar-refractivity contribution is -0.274. The Morgan fingerprint density at radius 1 is 1.09 bits per heavy atom. The molecule has 0 fully saturated rings. The number of benzene rings is 3. The van der Waals surface area contributed by atoms with E-state index < -0.39 is 6.36 Å². The Balaban J connectivity index is 1.36. The van der Waals surface area contributed by atoms with Gasteiger partial charge in [0.25, 0.3) is 0 Å². The molecule has 1 heterocycles. The number of rotatable bonds is 9. The third kappa shape index (κ3) is 9.87. The van der Waals surface area contributed by atoms with E-state index in [1.165, 1.54) is 47.0 Å². The van der Waals surface area contributed by atoms with Gasteiger partial charge in [0.15, 0.2) is 11.0 Å². The number of hydrogen-bond acceptors (Lipinski definition) is 6. The zero-order valence-corrected chi connectivity index (χ0v) is 26.0. The number of nitrogens with zero attached hydrogens (tertiary/aromatic N) is 4. The second kappa shape index (κ2) is 14.8. The highest BCUT2D eigenvalue weighted by Gasteiger charge is 2.31. The number of carbonyl (C=O) groups excluding carboxylic acids is 1. The molecule has 2 N–H and O–H groups in total. The van der Waals surface area contributed by atoms with E-state index in [1.807, 2.05) is 50.2 Å². The minimum absolute atomic E-state index is 0.193. The van der Waals surface area contributed by atoms with Crippen molar-refractivity contribution in [3.63, 3.8) is 0 Å². The summed E-state index contributed by atoms with van der Waals surface area (Å²) in [4.78, 5) is 21.9. The molecule has 8 nitrogen and oxygen atoms in total. The van der Waals surface area contributed by atoms with Crippen molar-refractivity contribution in [2.24, 2.45) is 4.99 Å². The molecule has 1 aromatic heterocycles. The fraction of sp³-hybridized carbons (Fsp3) is 0.273. The van der Waals surface area contributed by atoms with E-state index in [1.54, 1.807) is 0 Å². The van der Waals surface area contributed by atoms with Crippen LogP contribution < -0.4 is 15.4 Å². The molecule has 0 aliphatic carbocycles. The summed E-state index contributed by atoms with van der Waals surface area (Å²) in [5, 5.41) is 10.7. The second-order valence-electron chi connectivity index (χ2n) is 10.6. The van der Waals surface area contributed by atoms with Crippen LogP contribution in [0.3, 0.4) is 0 Å². The fourth-order valence-electron chi connectivity index (χ4n) is 4.43. The third-order valence-corrected chi connectivity index (χ3v) is 7.28. The maximum Gasteiger partial charge on any atom is 0.573 e. The van der Waals surface area contributed by atoms with Crippen molar-refractivity contribution < 1.29 is 22.7 Å². The topological polar surface area (TPSA) is 93.4 Å². The van der Waals surface area contributed by atoms with Crippen molar-refractivity contribution in [3.8, 4) is 35.2 Å². The minimum atomic E-state index is -4.76. The van der Waals surface area contributed by atoms with E-state index >= 15 is 0 Å². The number of aryl methyl sites for hydroxylation is 1. The molecular weight excluding hydrogens is 601 g/mol. The SMILES string of the molecule is C#CCSC(=Nc1ccc(C)cc1C(C)C)NC(=O)NC(C)Cc1ccc(-c2ncn(-c3ccc(OC(F)(F)F)cc3)n2)cc1. The highest BCUT2D eigenvalue weighted by Crippen LogP contribution is 2.29. The summed E-state index contributed by atoms with van der Waals surface area (Å²) in [6.45, 7) is 8.14. The first-order valence-corrected chi connectivity index (χ1v) is 15.1. The van der Waals surface area contributed by atoms with Gasteiger partial charge < -0.3 is 10.1 Å². The number of ether oxygens (including phenoxy) is 1. The number of hydrogen-bond donors (Lipinski definition) is 2. The van der Waals surface area contributed by atoms with Crippen molar-refractivity contribution in [1.82, 2.24) is 25.4 Å². The van der Waals surface area contributed by atoms with E-state index in [4.69, 9.17) is 11.4 Å². The monoisotopic (exact) mass is 634 g/mol. The van der Waals surface area contributed by atoms with Crippen LogP contribution >= 0.6 is 11.8 Å². The summed E-state index contributed by atoms with van der Waals surface area (Å²) < 4.78 is 42.6. The van der Waals surface area contributed by atoms with Crippen LogP contribution in [0.25, 0.3) is 17.1 Å². The van der Waals surface area contributed by atoms with Gasteiger partial charge in [-0.2, -0.15) is 0 Å². The first-order chi connectivity index (χ1) is 21.4. The number of alkyl halides is 3. The van der Waals surface area contributed by atoms with Crippen molar-refractivity contribution >= 4 is 28.6 Å². The molecule has 0 saturated heterocycles. The molecule has 1 atom stereocenters. The molecule has 0 radical (unpaired) electrons. The summed E-state index contributed by atoms with van der Waals surface area (Å²) >= 11 is 1.28. The molecule has 0 saturated carbocycles. The Labute approximate surface area is 264 Å². The smallest absolute Gasteiger partial charge is 0.406 e. The average Bonchev–Trinajstić information content (AvgIpc) is 3.47. The molecule has 4 aromatic rings. The maximum absolute atomic E-state index is 12.9. The number of thioether (sulfide) groups is 1. The van der Waals surface area contributed by atoms with Crippen LogP contribution in [-0.4, -0.2) is 44.1 Å². The van der Waals surface area contributed by atoms with Gasteiger partial charge in [-0.3, -0.25) is 5.32 Å². The van der Waals surface area contributed by atoms with Crippen LogP contribution in [0, 0.1) is 19.3 Å². The standard InChI is InChI=1S/C33H33F3N6O2S/c1-6-17-45-32(39-29-16-7-22(4)18-28(29)21(2)3)40-31(43)38-23(5)19-24-8-10-25(11-9-24)30-37-20-42(41-30)26-12-14-27(15-13-26)44-33(34,35)36/h1,7-16,18,20-21,23H,17,19H2,2-5H3,(H2,38,39,40,43). The molecule has 0 aliphatic rings. The van der Waals surface area contributed by atoms with Gasteiger partial charge in [-0.05, 0) is 67.6 Å². The van der Waals surface area contributed by atoms with Crippen LogP contribution in [0.5, 0.6) is 5.75 Å². The highest BCUT2D eigenvalue weighted by atomic mass is 32.2. The highest BCUT2D eigenvalue weighted by molar-refractivity contribution is 8.14. The lowest BCUT2D eigenvalue weighted by Crippen LogP contribution is -2.43. The van der Waals surface area contributed by atoms with Gasteiger partial charge >= 0.3 is 12.4 Å². The Morgan fingerprint density at radius 3 is 2.44 bits per heavy atom. The fourth-order valence-corrected chi connectivity index (χ4v) is 4.97. The second-order valence-corrected chi connectivity index (χ2v) is 11.5.